The summed E-state index contributed by atoms with van der Waals surface area (Å²) in [4.78, 5) is 41.1. The summed E-state index contributed by atoms with van der Waals surface area (Å²) in [5.41, 5.74) is -0.359. The molecule has 1 N–H and O–H groups in total. The minimum absolute atomic E-state index is 0.179. The van der Waals surface area contributed by atoms with Crippen LogP contribution in [0.5, 0.6) is 0 Å². The highest BCUT2D eigenvalue weighted by molar-refractivity contribution is 5.93. The first-order valence-electron chi connectivity index (χ1n) is 14.0. The van der Waals surface area contributed by atoms with Crippen molar-refractivity contribution in [1.29, 1.82) is 0 Å². The second kappa shape index (κ2) is 7.94. The van der Waals surface area contributed by atoms with Gasteiger partial charge in [0.2, 0.25) is 0 Å². The van der Waals surface area contributed by atoms with Crippen LogP contribution in [-0.4, -0.2) is 78.6 Å². The third kappa shape index (κ3) is 3.74. The van der Waals surface area contributed by atoms with E-state index in [1.54, 1.807) is 0 Å². The van der Waals surface area contributed by atoms with E-state index in [1.807, 2.05) is 38.9 Å². The summed E-state index contributed by atoms with van der Waals surface area (Å²) in [5, 5.41) is 3.31. The second-order valence-corrected chi connectivity index (χ2v) is 13.5. The van der Waals surface area contributed by atoms with Crippen LogP contribution in [0, 0.1) is 29.6 Å². The zero-order valence-electron chi connectivity index (χ0n) is 22.1. The van der Waals surface area contributed by atoms with E-state index in [-0.39, 0.29) is 23.3 Å². The Kier molecular flexibility index (Phi) is 5.14. The highest BCUT2D eigenvalue weighted by atomic mass is 16.7. The molecule has 202 valence electrons. The molecule has 6 fully saturated rings. The summed E-state index contributed by atoms with van der Waals surface area (Å²) in [5.74, 6) is 0.733. The number of likely N-dealkylation sites (N-methyl/N-ethyl adjacent to an activating group) is 1. The van der Waals surface area contributed by atoms with E-state index in [9.17, 15) is 14.4 Å². The molecular weight excluding hydrogens is 476 g/mol. The molecule has 1 amide bonds. The fourth-order valence-corrected chi connectivity index (χ4v) is 9.28. The van der Waals surface area contributed by atoms with Crippen LogP contribution < -0.4 is 5.32 Å². The van der Waals surface area contributed by atoms with Gasteiger partial charge in [-0.05, 0) is 83.4 Å². The largest absolute Gasteiger partial charge is 0.462 e. The van der Waals surface area contributed by atoms with E-state index in [0.717, 1.165) is 19.3 Å². The Bertz CT molecular complexity index is 1040. The van der Waals surface area contributed by atoms with E-state index < -0.39 is 48.1 Å². The van der Waals surface area contributed by atoms with Crippen LogP contribution in [0.25, 0.3) is 0 Å². The standard InChI is InChI=1S/C28H38N2O7/c1-13-20-18-8-17(25(32)34-18)21(30(3)4)22(23-27(2,37-23)12-19(20)35-24(13)31)36-26(33)29-28-9-14-5-15(10-28)7-16(6-14)11-28/h8,13-16,18-23H,5-7,9-12H2,1-4H3,(H,29,33)/t13?,14?,15?,16?,18-,19+,20+,21+,22+,23+,27+,28?/m1/s1. The molecule has 9 heteroatoms. The lowest BCUT2D eigenvalue weighted by atomic mass is 9.53. The predicted molar refractivity (Wildman–Crippen MR) is 130 cm³/mol. The Morgan fingerprint density at radius 2 is 1.70 bits per heavy atom. The lowest BCUT2D eigenvalue weighted by Gasteiger charge is -2.56. The Balaban J connectivity index is 1.18. The molecule has 8 aliphatic rings. The molecule has 6 bridgehead atoms. The molecule has 9 nitrogen and oxygen atoms in total. The fourth-order valence-electron chi connectivity index (χ4n) is 9.28. The van der Waals surface area contributed by atoms with Crippen molar-refractivity contribution in [3.63, 3.8) is 0 Å². The fraction of sp³-hybridized carbons (Fsp3) is 0.821. The number of fused-ring (bicyclic) bond motifs is 4. The molecule has 5 aliphatic carbocycles. The number of carbonyl (C=O) groups excluding carboxylic acids is 3. The van der Waals surface area contributed by atoms with E-state index >= 15 is 0 Å². The molecule has 37 heavy (non-hydrogen) atoms. The molecular formula is C28H38N2O7. The van der Waals surface area contributed by atoms with Gasteiger partial charge < -0.3 is 24.3 Å². The van der Waals surface area contributed by atoms with Gasteiger partial charge in [-0.25, -0.2) is 9.59 Å². The molecule has 2 saturated heterocycles. The molecule has 1 unspecified atom stereocenters. The minimum Gasteiger partial charge on any atom is -0.462 e. The average Bonchev–Trinajstić information content (AvgIpc) is 3.18. The van der Waals surface area contributed by atoms with Gasteiger partial charge in [0.25, 0.3) is 0 Å². The van der Waals surface area contributed by atoms with Crippen molar-refractivity contribution >= 4 is 18.0 Å². The SMILES string of the molecule is CC1C(=O)O[C@H]2C[C@]3(C)O[C@H]3[C@@H](OC(=O)NC34CC5CC(CC(C5)C3)C4)[C@@H](N(C)C)C3=C[C@@H](OC3=O)[C@H]12. The molecule has 0 radical (unpaired) electrons. The minimum atomic E-state index is -0.711. The first-order chi connectivity index (χ1) is 17.5. The van der Waals surface area contributed by atoms with Crippen LogP contribution in [-0.2, 0) is 28.5 Å². The van der Waals surface area contributed by atoms with Gasteiger partial charge in [0, 0.05) is 17.9 Å². The maximum atomic E-state index is 13.5. The number of nitrogens with one attached hydrogen (secondary N) is 1. The predicted octanol–water partition coefficient (Wildman–Crippen LogP) is 2.57. The van der Waals surface area contributed by atoms with E-state index in [1.165, 1.54) is 19.3 Å². The average molecular weight is 515 g/mol. The molecule has 0 aromatic carbocycles. The Hall–Kier alpha value is -2.13. The normalized spacial score (nSPS) is 51.1. The number of alkyl carbamates (subject to hydrolysis) is 1. The zero-order valence-corrected chi connectivity index (χ0v) is 22.1. The number of epoxide rings is 1. The third-order valence-corrected chi connectivity index (χ3v) is 10.5. The first-order valence-corrected chi connectivity index (χ1v) is 14.0. The topological polar surface area (TPSA) is 107 Å². The van der Waals surface area contributed by atoms with Crippen LogP contribution >= 0.6 is 0 Å². The zero-order chi connectivity index (χ0) is 25.9. The van der Waals surface area contributed by atoms with Crippen molar-refractivity contribution in [2.24, 2.45) is 29.6 Å². The molecule has 4 saturated carbocycles. The van der Waals surface area contributed by atoms with Crippen molar-refractivity contribution in [2.75, 3.05) is 14.1 Å². The number of amides is 1. The summed E-state index contributed by atoms with van der Waals surface area (Å²) in [6.07, 6.45) is 6.68. The van der Waals surface area contributed by atoms with Gasteiger partial charge in [-0.2, -0.15) is 0 Å². The number of ether oxygens (including phenoxy) is 4. The van der Waals surface area contributed by atoms with Crippen LogP contribution in [0.3, 0.4) is 0 Å². The van der Waals surface area contributed by atoms with Crippen LogP contribution in [0.15, 0.2) is 11.6 Å². The van der Waals surface area contributed by atoms with Crippen molar-refractivity contribution in [3.8, 4) is 0 Å². The highest BCUT2D eigenvalue weighted by Gasteiger charge is 2.65. The van der Waals surface area contributed by atoms with Crippen molar-refractivity contribution in [3.05, 3.63) is 11.6 Å². The van der Waals surface area contributed by atoms with Crippen LogP contribution in [0.1, 0.15) is 58.8 Å². The summed E-state index contributed by atoms with van der Waals surface area (Å²) >= 11 is 0. The molecule has 0 aromatic heterocycles. The van der Waals surface area contributed by atoms with Crippen molar-refractivity contribution < 1.29 is 33.3 Å². The number of rotatable bonds is 3. The lowest BCUT2D eigenvalue weighted by Crippen LogP contribution is -2.61. The van der Waals surface area contributed by atoms with Crippen LogP contribution in [0.4, 0.5) is 4.79 Å². The van der Waals surface area contributed by atoms with E-state index in [2.05, 4.69) is 5.32 Å². The number of hydrogen-bond donors (Lipinski definition) is 1. The van der Waals surface area contributed by atoms with Gasteiger partial charge in [0.05, 0.1) is 23.1 Å². The summed E-state index contributed by atoms with van der Waals surface area (Å²) in [7, 11) is 3.75. The highest BCUT2D eigenvalue weighted by Crippen LogP contribution is 2.56. The van der Waals surface area contributed by atoms with Crippen LogP contribution in [0.2, 0.25) is 0 Å². The molecule has 3 aliphatic heterocycles. The van der Waals surface area contributed by atoms with Gasteiger partial charge in [-0.1, -0.05) is 6.92 Å². The monoisotopic (exact) mass is 514 g/mol. The number of esters is 2. The molecule has 0 spiro atoms. The maximum absolute atomic E-state index is 13.5. The van der Waals surface area contributed by atoms with Gasteiger partial charge in [-0.3, -0.25) is 9.69 Å². The Labute approximate surface area is 217 Å². The maximum Gasteiger partial charge on any atom is 0.408 e. The quantitative estimate of drug-likeness (QED) is 0.348. The third-order valence-electron chi connectivity index (χ3n) is 10.5. The molecule has 0 aromatic rings. The van der Waals surface area contributed by atoms with Crippen molar-refractivity contribution in [1.82, 2.24) is 10.2 Å². The smallest absolute Gasteiger partial charge is 0.408 e. The number of hydrogen-bond acceptors (Lipinski definition) is 8. The number of carbonyl (C=O) groups is 3. The van der Waals surface area contributed by atoms with E-state index in [0.29, 0.717) is 29.7 Å². The first kappa shape index (κ1) is 23.9. The van der Waals surface area contributed by atoms with Gasteiger partial charge in [-0.15, -0.1) is 0 Å². The Morgan fingerprint density at radius 3 is 2.32 bits per heavy atom. The number of nitrogens with zero attached hydrogens (tertiary/aromatic N) is 1. The second-order valence-electron chi connectivity index (χ2n) is 13.5. The lowest BCUT2D eigenvalue weighted by molar-refractivity contribution is -0.144. The molecule has 8 atom stereocenters. The van der Waals surface area contributed by atoms with Gasteiger partial charge in [0.15, 0.2) is 6.10 Å². The summed E-state index contributed by atoms with van der Waals surface area (Å²) in [6, 6.07) is -0.531. The summed E-state index contributed by atoms with van der Waals surface area (Å²) in [6.45, 7) is 3.81. The van der Waals surface area contributed by atoms with Gasteiger partial charge >= 0.3 is 18.0 Å². The van der Waals surface area contributed by atoms with Crippen molar-refractivity contribution in [2.45, 2.75) is 100 Å². The molecule has 8 rings (SSSR count). The molecule has 3 heterocycles. The summed E-state index contributed by atoms with van der Waals surface area (Å²) < 4.78 is 24.0. The Morgan fingerprint density at radius 1 is 1.05 bits per heavy atom. The van der Waals surface area contributed by atoms with Gasteiger partial charge in [0.1, 0.15) is 18.3 Å². The van der Waals surface area contributed by atoms with E-state index in [4.69, 9.17) is 18.9 Å².